The van der Waals surface area contributed by atoms with Gasteiger partial charge in [0.25, 0.3) is 0 Å². The molecule has 108 valence electrons. The largest absolute Gasteiger partial charge is 0.726 e. The van der Waals surface area contributed by atoms with Gasteiger partial charge in [-0.25, -0.2) is 13.0 Å². The van der Waals surface area contributed by atoms with Gasteiger partial charge in [-0.05, 0) is 6.92 Å². The summed E-state index contributed by atoms with van der Waals surface area (Å²) in [6, 6.07) is 10.2. The first-order valence-corrected chi connectivity index (χ1v) is 6.83. The molecule has 0 saturated heterocycles. The van der Waals surface area contributed by atoms with Crippen molar-refractivity contribution in [1.29, 1.82) is 0 Å². The number of hydrogen-bond acceptors (Lipinski definition) is 5. The highest BCUT2D eigenvalue weighted by atomic mass is 32.3. The van der Waals surface area contributed by atoms with Crippen LogP contribution >= 0.6 is 0 Å². The number of hydrogen-bond donors (Lipinski definition) is 0. The van der Waals surface area contributed by atoms with Crippen LogP contribution in [0.5, 0.6) is 0 Å². The van der Waals surface area contributed by atoms with Gasteiger partial charge in [-0.1, -0.05) is 35.4 Å². The van der Waals surface area contributed by atoms with Gasteiger partial charge < -0.3 is 4.55 Å². The van der Waals surface area contributed by atoms with E-state index in [1.165, 1.54) is 5.56 Å². The van der Waals surface area contributed by atoms with Gasteiger partial charge in [0.05, 0.1) is 34.0 Å². The fourth-order valence-corrected chi connectivity index (χ4v) is 1.19. The van der Waals surface area contributed by atoms with Crippen molar-refractivity contribution >= 4 is 16.1 Å². The van der Waals surface area contributed by atoms with Crippen molar-refractivity contribution in [2.24, 2.45) is 5.10 Å². The molecule has 0 amide bonds. The molecule has 0 bridgehead atoms. The lowest BCUT2D eigenvalue weighted by atomic mass is 10.1. The lowest BCUT2D eigenvalue weighted by molar-refractivity contribution is -0.877. The summed E-state index contributed by atoms with van der Waals surface area (Å²) >= 11 is 0. The van der Waals surface area contributed by atoms with Crippen molar-refractivity contribution < 1.29 is 21.7 Å². The molecule has 1 aromatic carbocycles. The summed E-state index contributed by atoms with van der Waals surface area (Å²) in [5, 5.41) is 4.53. The second kappa shape index (κ2) is 7.34. The van der Waals surface area contributed by atoms with E-state index < -0.39 is 10.4 Å². The minimum Gasteiger partial charge on any atom is -0.726 e. The van der Waals surface area contributed by atoms with E-state index in [4.69, 9.17) is 0 Å². The maximum Gasteiger partial charge on any atom is 0.217 e. The number of quaternary nitrogens is 1. The van der Waals surface area contributed by atoms with E-state index in [1.54, 1.807) is 0 Å². The third kappa shape index (κ3) is 10.3. The van der Waals surface area contributed by atoms with Crippen LogP contribution in [-0.2, 0) is 14.6 Å². The molecule has 0 aliphatic heterocycles. The summed E-state index contributed by atoms with van der Waals surface area (Å²) in [5.74, 6) is 0. The van der Waals surface area contributed by atoms with E-state index in [9.17, 15) is 13.0 Å². The molecule has 0 radical (unpaired) electrons. The zero-order valence-corrected chi connectivity index (χ0v) is 12.6. The molecule has 0 heterocycles. The van der Waals surface area contributed by atoms with Crippen LogP contribution < -0.4 is 0 Å². The first-order chi connectivity index (χ1) is 8.55. The molecule has 0 aromatic heterocycles. The van der Waals surface area contributed by atoms with Crippen LogP contribution in [0.2, 0.25) is 0 Å². The quantitative estimate of drug-likeness (QED) is 0.275. The van der Waals surface area contributed by atoms with E-state index in [1.807, 2.05) is 46.3 Å². The predicted molar refractivity (Wildman–Crippen MR) is 73.4 cm³/mol. The predicted octanol–water partition coefficient (Wildman–Crippen LogP) is 1.21. The lowest BCUT2D eigenvalue weighted by Gasteiger charge is -2.16. The Hall–Kier alpha value is -1.28. The van der Waals surface area contributed by atoms with Gasteiger partial charge in [0, 0.05) is 5.56 Å². The molecule has 0 aliphatic rings. The summed E-state index contributed by atoms with van der Waals surface area (Å²) in [4.78, 5) is 0. The molecule has 0 unspecified atom stereocenters. The molecular weight excluding hydrogens is 268 g/mol. The van der Waals surface area contributed by atoms with Crippen LogP contribution in [0.1, 0.15) is 12.5 Å². The Kier molecular flexibility index (Phi) is 6.85. The van der Waals surface area contributed by atoms with Gasteiger partial charge in [-0.15, -0.1) is 0 Å². The molecule has 0 atom stereocenters. The van der Waals surface area contributed by atoms with Crippen molar-refractivity contribution in [1.82, 2.24) is 0 Å². The zero-order chi connectivity index (χ0) is 15.1. The zero-order valence-electron chi connectivity index (χ0n) is 11.8. The van der Waals surface area contributed by atoms with Crippen LogP contribution in [0.4, 0.5) is 0 Å². The standard InChI is InChI=1S/C11H17N2.CH4O4S/c1-10(12-13(2,3)4)11-8-6-5-7-9-11;1-5-6(2,3)4/h5-9H,1-4H3;1H3,(H,2,3,4)/q+1;/p-1/b12-10+;. The Balaban J connectivity index is 0.000000459. The Bertz CT molecular complexity index is 504. The van der Waals surface area contributed by atoms with Crippen molar-refractivity contribution in [2.45, 2.75) is 6.92 Å². The third-order valence-corrected chi connectivity index (χ3v) is 2.25. The number of rotatable bonds is 3. The molecule has 0 aliphatic carbocycles. The smallest absolute Gasteiger partial charge is 0.217 e. The molecular formula is C12H20N2O4S. The van der Waals surface area contributed by atoms with E-state index in [0.717, 1.165) is 12.8 Å². The fourth-order valence-electron chi connectivity index (χ4n) is 1.19. The monoisotopic (exact) mass is 288 g/mol. The second-order valence-corrected chi connectivity index (χ2v) is 5.72. The maximum absolute atomic E-state index is 9.22. The molecule has 0 fully saturated rings. The Morgan fingerprint density at radius 3 is 1.95 bits per heavy atom. The molecule has 0 N–H and O–H groups in total. The molecule has 1 rings (SSSR count). The second-order valence-electron chi connectivity index (χ2n) is 4.57. The van der Waals surface area contributed by atoms with Gasteiger partial charge in [0.15, 0.2) is 0 Å². The highest BCUT2D eigenvalue weighted by Gasteiger charge is 2.06. The average molecular weight is 288 g/mol. The summed E-state index contributed by atoms with van der Waals surface area (Å²) in [7, 11) is 2.54. The first-order valence-electron chi connectivity index (χ1n) is 5.50. The highest BCUT2D eigenvalue weighted by Crippen LogP contribution is 2.03. The van der Waals surface area contributed by atoms with Crippen LogP contribution in [0.15, 0.2) is 35.4 Å². The number of nitrogens with zero attached hydrogens (tertiary/aromatic N) is 2. The van der Waals surface area contributed by atoms with Crippen LogP contribution in [-0.4, -0.2) is 51.5 Å². The summed E-state index contributed by atoms with van der Waals surface area (Å²) in [6.45, 7) is 2.04. The van der Waals surface area contributed by atoms with E-state index in [2.05, 4.69) is 21.4 Å². The van der Waals surface area contributed by atoms with Gasteiger partial charge in [-0.3, -0.25) is 4.18 Å². The van der Waals surface area contributed by atoms with Crippen LogP contribution in [0.25, 0.3) is 0 Å². The summed E-state index contributed by atoms with van der Waals surface area (Å²) < 4.78 is 31.6. The topological polar surface area (TPSA) is 78.8 Å². The fraction of sp³-hybridized carbons (Fsp3) is 0.417. The first kappa shape index (κ1) is 17.7. The van der Waals surface area contributed by atoms with Crippen molar-refractivity contribution in [3.63, 3.8) is 0 Å². The minimum absolute atomic E-state index is 0.612. The van der Waals surface area contributed by atoms with Gasteiger partial charge >= 0.3 is 0 Å². The van der Waals surface area contributed by atoms with Gasteiger partial charge in [0.1, 0.15) is 0 Å². The lowest BCUT2D eigenvalue weighted by Crippen LogP contribution is -2.28. The van der Waals surface area contributed by atoms with Crippen molar-refractivity contribution in [3.8, 4) is 0 Å². The van der Waals surface area contributed by atoms with E-state index in [-0.39, 0.29) is 0 Å². The Labute approximate surface area is 114 Å². The van der Waals surface area contributed by atoms with Gasteiger partial charge in [-0.2, -0.15) is 0 Å². The van der Waals surface area contributed by atoms with Crippen molar-refractivity contribution in [2.75, 3.05) is 28.3 Å². The van der Waals surface area contributed by atoms with E-state index >= 15 is 0 Å². The molecule has 19 heavy (non-hydrogen) atoms. The summed E-state index contributed by atoms with van der Waals surface area (Å²) in [6.07, 6.45) is 0. The van der Waals surface area contributed by atoms with Crippen LogP contribution in [0.3, 0.4) is 0 Å². The maximum atomic E-state index is 9.22. The summed E-state index contributed by atoms with van der Waals surface area (Å²) in [5.41, 5.74) is 2.27. The molecule has 7 heteroatoms. The average Bonchev–Trinajstić information content (AvgIpc) is 2.28. The van der Waals surface area contributed by atoms with Gasteiger partial charge in [0.2, 0.25) is 10.4 Å². The Morgan fingerprint density at radius 2 is 1.63 bits per heavy atom. The normalized spacial score (nSPS) is 12.6. The molecule has 0 saturated carbocycles. The highest BCUT2D eigenvalue weighted by molar-refractivity contribution is 7.80. The molecule has 6 nitrogen and oxygen atoms in total. The third-order valence-electron chi connectivity index (χ3n) is 1.85. The van der Waals surface area contributed by atoms with Crippen molar-refractivity contribution in [3.05, 3.63) is 35.9 Å². The van der Waals surface area contributed by atoms with Crippen LogP contribution in [0, 0.1) is 0 Å². The van der Waals surface area contributed by atoms with E-state index in [0.29, 0.717) is 4.59 Å². The molecule has 0 spiro atoms. The minimum atomic E-state index is -4.41. The number of benzene rings is 1. The molecule has 1 aromatic rings. The Morgan fingerprint density at radius 1 is 1.21 bits per heavy atom. The SMILES string of the molecule is C/C(=N\[N+](C)(C)C)c1ccccc1.COS(=O)(=O)[O-].